The van der Waals surface area contributed by atoms with Crippen molar-refractivity contribution < 1.29 is 17.9 Å². The van der Waals surface area contributed by atoms with E-state index in [2.05, 4.69) is 4.72 Å². The summed E-state index contributed by atoms with van der Waals surface area (Å²) in [7, 11) is -3.53. The zero-order chi connectivity index (χ0) is 16.1. The Morgan fingerprint density at radius 2 is 1.70 bits per heavy atom. The van der Waals surface area contributed by atoms with Gasteiger partial charge in [-0.05, 0) is 30.5 Å². The lowest BCUT2D eigenvalue weighted by molar-refractivity contribution is 0.171. The highest BCUT2D eigenvalue weighted by molar-refractivity contribution is 7.89. The smallest absolute Gasteiger partial charge is 0.240 e. The summed E-state index contributed by atoms with van der Waals surface area (Å²) >= 11 is 0. The van der Waals surface area contributed by atoms with E-state index in [1.54, 1.807) is 6.07 Å². The quantitative estimate of drug-likeness (QED) is 0.824. The molecule has 23 heavy (non-hydrogen) atoms. The van der Waals surface area contributed by atoms with Gasteiger partial charge in [0.2, 0.25) is 10.0 Å². The molecule has 1 N–H and O–H groups in total. The van der Waals surface area contributed by atoms with Crippen molar-refractivity contribution in [2.45, 2.75) is 17.7 Å². The van der Waals surface area contributed by atoms with Crippen LogP contribution in [0.1, 0.15) is 12.0 Å². The molecule has 6 heteroatoms. The van der Waals surface area contributed by atoms with Crippen LogP contribution in [-0.4, -0.2) is 28.2 Å². The second-order valence-corrected chi connectivity index (χ2v) is 7.06. The molecule has 3 rings (SSSR count). The monoisotopic (exact) mass is 333 g/mol. The van der Waals surface area contributed by atoms with Crippen LogP contribution in [0.4, 0.5) is 0 Å². The summed E-state index contributed by atoms with van der Waals surface area (Å²) in [6.45, 7) is 1.31. The molecule has 1 aliphatic rings. The first-order chi connectivity index (χ1) is 11.1. The summed E-state index contributed by atoms with van der Waals surface area (Å²) in [4.78, 5) is 0.196. The Labute approximate surface area is 136 Å². The highest BCUT2D eigenvalue weighted by Crippen LogP contribution is 2.32. The van der Waals surface area contributed by atoms with Gasteiger partial charge >= 0.3 is 0 Å². The Kier molecular flexibility index (Phi) is 4.83. The zero-order valence-electron chi connectivity index (χ0n) is 12.7. The molecule has 2 aromatic carbocycles. The van der Waals surface area contributed by atoms with E-state index in [0.717, 1.165) is 12.8 Å². The van der Waals surface area contributed by atoms with Crippen LogP contribution in [0.25, 0.3) is 0 Å². The van der Waals surface area contributed by atoms with Gasteiger partial charge in [0.05, 0.1) is 4.90 Å². The van der Waals surface area contributed by atoms with E-state index in [1.165, 1.54) is 17.7 Å². The predicted molar refractivity (Wildman–Crippen MR) is 87.4 cm³/mol. The lowest BCUT2D eigenvalue weighted by Gasteiger charge is -2.18. The van der Waals surface area contributed by atoms with Crippen molar-refractivity contribution in [1.82, 2.24) is 4.72 Å². The molecule has 2 aromatic rings. The molecule has 122 valence electrons. The minimum absolute atomic E-state index is 0.196. The van der Waals surface area contributed by atoms with Crippen molar-refractivity contribution in [2.24, 2.45) is 0 Å². The first-order valence-corrected chi connectivity index (χ1v) is 9.07. The van der Waals surface area contributed by atoms with Crippen molar-refractivity contribution >= 4 is 10.0 Å². The fourth-order valence-electron chi connectivity index (χ4n) is 2.42. The summed E-state index contributed by atoms with van der Waals surface area (Å²) in [6, 6.07) is 14.7. The van der Waals surface area contributed by atoms with Gasteiger partial charge in [-0.2, -0.15) is 0 Å². The molecule has 0 atom stereocenters. The number of hydrogen-bond acceptors (Lipinski definition) is 4. The number of benzene rings is 2. The van der Waals surface area contributed by atoms with Gasteiger partial charge in [-0.1, -0.05) is 30.3 Å². The number of hydrogen-bond donors (Lipinski definition) is 1. The molecular weight excluding hydrogens is 314 g/mol. The highest BCUT2D eigenvalue weighted by Gasteiger charge is 2.18. The topological polar surface area (TPSA) is 64.6 Å². The fourth-order valence-corrected chi connectivity index (χ4v) is 3.51. The Morgan fingerprint density at radius 3 is 2.48 bits per heavy atom. The minimum atomic E-state index is -3.53. The Hall–Kier alpha value is -2.05. The van der Waals surface area contributed by atoms with E-state index in [-0.39, 0.29) is 4.90 Å². The van der Waals surface area contributed by atoms with Crippen LogP contribution in [0.5, 0.6) is 11.5 Å². The standard InChI is InChI=1S/C17H19NO4S/c19-23(20,18-10-4-7-14-5-2-1-3-6-14)15-8-9-16-17(13-15)22-12-11-21-16/h1-3,5-6,8-9,13,18H,4,7,10-12H2. The number of sulfonamides is 1. The molecular formula is C17H19NO4S. The number of nitrogens with one attached hydrogen (secondary N) is 1. The van der Waals surface area contributed by atoms with E-state index in [1.807, 2.05) is 30.3 Å². The maximum Gasteiger partial charge on any atom is 0.240 e. The van der Waals surface area contributed by atoms with E-state index in [0.29, 0.717) is 31.3 Å². The van der Waals surface area contributed by atoms with Crippen molar-refractivity contribution in [3.05, 3.63) is 54.1 Å². The molecule has 1 heterocycles. The normalized spacial score (nSPS) is 13.7. The molecule has 0 unspecified atom stereocenters. The molecule has 0 aromatic heterocycles. The van der Waals surface area contributed by atoms with Gasteiger partial charge in [0.25, 0.3) is 0 Å². The minimum Gasteiger partial charge on any atom is -0.486 e. The first-order valence-electron chi connectivity index (χ1n) is 7.58. The summed E-state index contributed by atoms with van der Waals surface area (Å²) < 4.78 is 38.1. The predicted octanol–water partition coefficient (Wildman–Crippen LogP) is 2.37. The van der Waals surface area contributed by atoms with Crippen LogP contribution < -0.4 is 14.2 Å². The van der Waals surface area contributed by atoms with Gasteiger partial charge in [0, 0.05) is 12.6 Å². The summed E-state index contributed by atoms with van der Waals surface area (Å²) in [5.41, 5.74) is 1.20. The summed E-state index contributed by atoms with van der Waals surface area (Å²) in [6.07, 6.45) is 1.58. The van der Waals surface area contributed by atoms with Gasteiger partial charge in [-0.15, -0.1) is 0 Å². The molecule has 0 saturated heterocycles. The lowest BCUT2D eigenvalue weighted by Crippen LogP contribution is -2.25. The van der Waals surface area contributed by atoms with Crippen LogP contribution in [0.3, 0.4) is 0 Å². The Morgan fingerprint density at radius 1 is 0.957 bits per heavy atom. The molecule has 0 bridgehead atoms. The number of ether oxygens (including phenoxy) is 2. The van der Waals surface area contributed by atoms with Crippen molar-refractivity contribution in [1.29, 1.82) is 0 Å². The molecule has 0 spiro atoms. The molecule has 5 nitrogen and oxygen atoms in total. The molecule has 0 saturated carbocycles. The van der Waals surface area contributed by atoms with E-state index in [9.17, 15) is 8.42 Å². The fraction of sp³-hybridized carbons (Fsp3) is 0.294. The third-order valence-electron chi connectivity index (χ3n) is 3.60. The maximum absolute atomic E-state index is 12.3. The molecule has 0 amide bonds. The second kappa shape index (κ2) is 7.02. The zero-order valence-corrected chi connectivity index (χ0v) is 13.5. The van der Waals surface area contributed by atoms with Gasteiger partial charge in [-0.25, -0.2) is 13.1 Å². The Bertz CT molecular complexity index is 759. The average molecular weight is 333 g/mol. The van der Waals surface area contributed by atoms with Gasteiger partial charge in [0.1, 0.15) is 13.2 Å². The Balaban J connectivity index is 1.58. The van der Waals surface area contributed by atoms with E-state index >= 15 is 0 Å². The van der Waals surface area contributed by atoms with E-state index < -0.39 is 10.0 Å². The lowest BCUT2D eigenvalue weighted by atomic mass is 10.1. The maximum atomic E-state index is 12.3. The second-order valence-electron chi connectivity index (χ2n) is 5.29. The SMILES string of the molecule is O=S(=O)(NCCCc1ccccc1)c1ccc2c(c1)OCCO2. The highest BCUT2D eigenvalue weighted by atomic mass is 32.2. The molecule has 0 fully saturated rings. The van der Waals surface area contributed by atoms with Crippen molar-refractivity contribution in [2.75, 3.05) is 19.8 Å². The van der Waals surface area contributed by atoms with Crippen molar-refractivity contribution in [3.63, 3.8) is 0 Å². The van der Waals surface area contributed by atoms with Crippen LogP contribution in [0.2, 0.25) is 0 Å². The van der Waals surface area contributed by atoms with Crippen LogP contribution in [0.15, 0.2) is 53.4 Å². The third-order valence-corrected chi connectivity index (χ3v) is 5.06. The van der Waals surface area contributed by atoms with Crippen LogP contribution >= 0.6 is 0 Å². The number of aryl methyl sites for hydroxylation is 1. The van der Waals surface area contributed by atoms with Gasteiger partial charge in [-0.3, -0.25) is 0 Å². The molecule has 1 aliphatic heterocycles. The van der Waals surface area contributed by atoms with Crippen LogP contribution in [0, 0.1) is 0 Å². The van der Waals surface area contributed by atoms with Gasteiger partial charge in [0.15, 0.2) is 11.5 Å². The van der Waals surface area contributed by atoms with Crippen LogP contribution in [-0.2, 0) is 16.4 Å². The van der Waals surface area contributed by atoms with Gasteiger partial charge < -0.3 is 9.47 Å². The van der Waals surface area contributed by atoms with E-state index in [4.69, 9.17) is 9.47 Å². The van der Waals surface area contributed by atoms with Crippen molar-refractivity contribution in [3.8, 4) is 11.5 Å². The third kappa shape index (κ3) is 4.03. The first kappa shape index (κ1) is 15.8. The molecule has 0 aliphatic carbocycles. The average Bonchev–Trinajstić information content (AvgIpc) is 2.59. The summed E-state index contributed by atoms with van der Waals surface area (Å²) in [5.74, 6) is 1.06. The largest absolute Gasteiger partial charge is 0.486 e. The summed E-state index contributed by atoms with van der Waals surface area (Å²) in [5, 5.41) is 0. The number of fused-ring (bicyclic) bond motifs is 1. The number of rotatable bonds is 6. The molecule has 0 radical (unpaired) electrons.